The molecule has 0 bridgehead atoms. The number of aliphatic hydroxyl groups excluding tert-OH is 3. The minimum absolute atomic E-state index is 0.0214. The number of amides is 2. The first-order valence-electron chi connectivity index (χ1n) is 10.9. The number of hydrogen-bond acceptors (Lipinski definition) is 14. The molecule has 19 heteroatoms. The highest BCUT2D eigenvalue weighted by molar-refractivity contribution is 7.60. The van der Waals surface area contributed by atoms with Crippen molar-refractivity contribution in [3.63, 3.8) is 0 Å². The van der Waals surface area contributed by atoms with Crippen molar-refractivity contribution in [2.45, 2.75) is 69.3 Å². The molecular weight excluding hydrogens is 544 g/mol. The number of ether oxygens (including phenoxy) is 2. The third kappa shape index (κ3) is 7.66. The molecule has 0 radical (unpaired) electrons. The molecule has 17 nitrogen and oxygen atoms in total. The van der Waals surface area contributed by atoms with E-state index in [0.29, 0.717) is 0 Å². The van der Waals surface area contributed by atoms with Crippen molar-refractivity contribution in [1.82, 2.24) is 15.5 Å². The number of phosphoric ester groups is 2. The molecule has 3 aliphatic heterocycles. The smallest absolute Gasteiger partial charge is 0.478 e. The first-order chi connectivity index (χ1) is 17.1. The maximum atomic E-state index is 12.3. The minimum Gasteiger partial charge on any atom is -0.756 e. The Labute approximate surface area is 210 Å². The summed E-state index contributed by atoms with van der Waals surface area (Å²) in [5.41, 5.74) is 0. The predicted molar refractivity (Wildman–Crippen MR) is 117 cm³/mol. The van der Waals surface area contributed by atoms with E-state index < -0.39 is 83.1 Å². The summed E-state index contributed by atoms with van der Waals surface area (Å²) < 4.78 is 48.5. The zero-order valence-corrected chi connectivity index (χ0v) is 21.4. The Morgan fingerprint density at radius 2 is 1.97 bits per heavy atom. The summed E-state index contributed by atoms with van der Waals surface area (Å²) in [6, 6.07) is -0.928. The monoisotopic (exact) mass is 572 g/mol. The fourth-order valence-corrected chi connectivity index (χ4v) is 5.95. The second-order valence-electron chi connectivity index (χ2n) is 8.45. The molecule has 2 fully saturated rings. The molecule has 3 heterocycles. The van der Waals surface area contributed by atoms with E-state index in [4.69, 9.17) is 9.47 Å². The average molecular weight is 572 g/mol. The molecule has 210 valence electrons. The van der Waals surface area contributed by atoms with Crippen LogP contribution in [0.2, 0.25) is 0 Å². The van der Waals surface area contributed by atoms with Crippen molar-refractivity contribution in [3.8, 4) is 0 Å². The number of hydrogen-bond donors (Lipinski definition) is 6. The Morgan fingerprint density at radius 3 is 2.59 bits per heavy atom. The Morgan fingerprint density at radius 1 is 1.30 bits per heavy atom. The topological polar surface area (TPSA) is 246 Å². The fourth-order valence-electron chi connectivity index (χ4n) is 3.83. The molecule has 0 spiro atoms. The van der Waals surface area contributed by atoms with Crippen LogP contribution in [0, 0.1) is 0 Å². The molecule has 2 saturated heterocycles. The van der Waals surface area contributed by atoms with Gasteiger partial charge < -0.3 is 50.1 Å². The van der Waals surface area contributed by atoms with Crippen LogP contribution in [-0.2, 0) is 41.6 Å². The molecule has 0 aromatic heterocycles. The molecule has 10 atom stereocenters. The number of nitrogens with zero attached hydrogens (tertiary/aromatic N) is 1. The van der Waals surface area contributed by atoms with Gasteiger partial charge in [-0.15, -0.1) is 0 Å². The third-order valence-electron chi connectivity index (χ3n) is 5.45. The van der Waals surface area contributed by atoms with Gasteiger partial charge in [-0.3, -0.25) is 23.2 Å². The Balaban J connectivity index is 1.58. The number of carbonyl (C=O) groups is 2. The first-order valence-corrected chi connectivity index (χ1v) is 13.8. The van der Waals surface area contributed by atoms with Crippen LogP contribution < -0.4 is 15.5 Å². The highest BCUT2D eigenvalue weighted by Crippen LogP contribution is 2.59. The quantitative estimate of drug-likeness (QED) is 0.156. The van der Waals surface area contributed by atoms with E-state index in [1.165, 1.54) is 24.9 Å². The summed E-state index contributed by atoms with van der Waals surface area (Å²) in [5.74, 6) is -0.961. The lowest BCUT2D eigenvalue weighted by Crippen LogP contribution is -2.55. The Kier molecular flexibility index (Phi) is 9.33. The van der Waals surface area contributed by atoms with Crippen molar-refractivity contribution in [1.29, 1.82) is 0 Å². The normalized spacial score (nSPS) is 37.5. The number of carbonyl (C=O) groups excluding carboxylic acids is 2. The van der Waals surface area contributed by atoms with E-state index in [2.05, 4.69) is 30.6 Å². The molecule has 3 rings (SSSR count). The molecule has 0 saturated carbocycles. The lowest BCUT2D eigenvalue weighted by molar-refractivity contribution is -0.266. The summed E-state index contributed by atoms with van der Waals surface area (Å²) in [6.07, 6.45) is -7.66. The van der Waals surface area contributed by atoms with Crippen molar-refractivity contribution in [3.05, 3.63) is 24.7 Å². The molecular formula is C18H28N3O14P2-. The molecule has 2 amide bonds. The molecule has 0 aromatic rings. The summed E-state index contributed by atoms with van der Waals surface area (Å²) in [6.45, 7) is 5.38. The van der Waals surface area contributed by atoms with Gasteiger partial charge in [0.1, 0.15) is 30.2 Å². The van der Waals surface area contributed by atoms with Gasteiger partial charge in [-0.05, 0) is 13.3 Å². The number of phosphoric acid groups is 2. The van der Waals surface area contributed by atoms with Gasteiger partial charge in [0.05, 0.1) is 18.8 Å². The second-order valence-corrected chi connectivity index (χ2v) is 11.4. The summed E-state index contributed by atoms with van der Waals surface area (Å²) in [5, 5.41) is 35.6. The highest BCUT2D eigenvalue weighted by Gasteiger charge is 2.47. The Bertz CT molecular complexity index is 1030. The first kappa shape index (κ1) is 29.8. The maximum absolute atomic E-state index is 12.3. The van der Waals surface area contributed by atoms with E-state index in [1.54, 1.807) is 0 Å². The lowest BCUT2D eigenvalue weighted by atomic mass is 10.0. The van der Waals surface area contributed by atoms with Gasteiger partial charge in [-0.2, -0.15) is 0 Å². The summed E-state index contributed by atoms with van der Waals surface area (Å²) in [7, 11) is -11.1. The van der Waals surface area contributed by atoms with Gasteiger partial charge in [0.2, 0.25) is 5.91 Å². The van der Waals surface area contributed by atoms with Gasteiger partial charge in [-0.1, -0.05) is 6.58 Å². The van der Waals surface area contributed by atoms with Crippen molar-refractivity contribution in [2.75, 3.05) is 6.61 Å². The second kappa shape index (κ2) is 11.6. The summed E-state index contributed by atoms with van der Waals surface area (Å²) >= 11 is 0. The van der Waals surface area contributed by atoms with E-state index >= 15 is 0 Å². The van der Waals surface area contributed by atoms with Crippen LogP contribution >= 0.6 is 15.6 Å². The van der Waals surface area contributed by atoms with Gasteiger partial charge in [0, 0.05) is 19.2 Å². The van der Waals surface area contributed by atoms with Crippen LogP contribution in [0.25, 0.3) is 0 Å². The van der Waals surface area contributed by atoms with Crippen LogP contribution in [0.15, 0.2) is 24.7 Å². The maximum Gasteiger partial charge on any atom is 0.478 e. The van der Waals surface area contributed by atoms with Crippen LogP contribution in [0.1, 0.15) is 20.3 Å². The highest BCUT2D eigenvalue weighted by atomic mass is 31.3. The van der Waals surface area contributed by atoms with E-state index in [1.807, 2.05) is 0 Å². The minimum atomic E-state index is -5.65. The lowest BCUT2D eigenvalue weighted by Gasteiger charge is -2.40. The third-order valence-corrected chi connectivity index (χ3v) is 8.01. The van der Waals surface area contributed by atoms with Gasteiger partial charge in [0.15, 0.2) is 12.5 Å². The van der Waals surface area contributed by atoms with Crippen LogP contribution in [0.4, 0.5) is 0 Å². The van der Waals surface area contributed by atoms with Crippen LogP contribution in [0.5, 0.6) is 0 Å². The predicted octanol–water partition coefficient (Wildman–Crippen LogP) is -2.53. The van der Waals surface area contributed by atoms with Crippen molar-refractivity contribution in [2.24, 2.45) is 0 Å². The van der Waals surface area contributed by atoms with Gasteiger partial charge in [-0.25, -0.2) is 8.88 Å². The molecule has 0 aromatic carbocycles. The van der Waals surface area contributed by atoms with Gasteiger partial charge in [0.25, 0.3) is 13.7 Å². The zero-order valence-electron chi connectivity index (χ0n) is 19.6. The largest absolute Gasteiger partial charge is 0.756 e. The van der Waals surface area contributed by atoms with Gasteiger partial charge >= 0.3 is 7.82 Å². The van der Waals surface area contributed by atoms with E-state index in [-0.39, 0.29) is 12.2 Å². The standard InChI is InChI=1S/C18H29N3O14P2/c1-8-6-11(20-10(3)22)14(24)18(32-8)34-37(29,30)35-36(27,28)31-7-12-15(25)16(26)17(33-12)21-5-4-13(23)19-9(21)2/h4-5,8,11-12,14-18,24-26H,2,6-7H2,1,3H3,(H,19,23)(H,20,22)(H,27,28)(H,29,30)/p-1/t8?,11-,12+,14?,15?,16-,17+,18+/m0/s1. The SMILES string of the molecule is C=C1NC(=O)C=CN1[C@@H]1O[C@H](COP(=O)(O)OP(=O)([O-])O[C@H]2OC(C)C[C@H](NC(C)=O)C2O)C(O)[C@@H]1O. The summed E-state index contributed by atoms with van der Waals surface area (Å²) in [4.78, 5) is 46.0. The molecule has 6 N–H and O–H groups in total. The molecule has 5 unspecified atom stereocenters. The average Bonchev–Trinajstić information content (AvgIpc) is 3.02. The van der Waals surface area contributed by atoms with Crippen LogP contribution in [-0.4, -0.2) is 92.6 Å². The molecule has 37 heavy (non-hydrogen) atoms. The van der Waals surface area contributed by atoms with Crippen LogP contribution in [0.3, 0.4) is 0 Å². The van der Waals surface area contributed by atoms with Crippen molar-refractivity contribution < 1.29 is 66.7 Å². The Hall–Kier alpha value is -1.72. The molecule has 0 aliphatic carbocycles. The van der Waals surface area contributed by atoms with E-state index in [0.717, 1.165) is 6.08 Å². The van der Waals surface area contributed by atoms with Crippen molar-refractivity contribution >= 4 is 27.5 Å². The molecule has 3 aliphatic rings. The fraction of sp³-hybridized carbons (Fsp3) is 0.667. The zero-order chi connectivity index (χ0) is 27.7. The van der Waals surface area contributed by atoms with E-state index in [9.17, 15) is 43.8 Å². The number of aliphatic hydroxyl groups is 3. The number of nitrogens with one attached hydrogen (secondary N) is 2. The number of rotatable bonds is 9.